The van der Waals surface area contributed by atoms with Crippen LogP contribution in [0.15, 0.2) is 85.9 Å². The predicted molar refractivity (Wildman–Crippen MR) is 290 cm³/mol. The molecule has 0 saturated heterocycles. The number of halogens is 3. The lowest BCUT2D eigenvalue weighted by atomic mass is 10.1. The number of alkyl halides is 2. The average Bonchev–Trinajstić information content (AvgIpc) is 3.57. The number of benzene rings is 3. The Hall–Kier alpha value is 1.49. The van der Waals surface area contributed by atoms with E-state index in [1.807, 2.05) is 58.0 Å². The number of aryl methyl sites for hydroxylation is 2. The summed E-state index contributed by atoms with van der Waals surface area (Å²) in [6.45, 7) is 7.74. The number of thiazole rings is 1. The molecule has 0 atom stereocenters. The molecule has 1 aromatic heterocycles. The fraction of sp³-hybridized carbons (Fsp3) is 0.222. The zero-order chi connectivity index (χ0) is 43.2. The molecule has 7 nitrogen and oxygen atoms in total. The summed E-state index contributed by atoms with van der Waals surface area (Å²) >= 11 is 13.6. The van der Waals surface area contributed by atoms with Crippen molar-refractivity contribution in [3.8, 4) is 11.3 Å². The molecule has 0 aliphatic rings. The van der Waals surface area contributed by atoms with E-state index in [0.29, 0.717) is 11.3 Å². The molecule has 1 heterocycles. The van der Waals surface area contributed by atoms with Crippen LogP contribution in [0.2, 0.25) is 0 Å². The summed E-state index contributed by atoms with van der Waals surface area (Å²) < 4.78 is 71.9. The van der Waals surface area contributed by atoms with Crippen LogP contribution in [0.3, 0.4) is 0 Å². The van der Waals surface area contributed by atoms with Crippen molar-refractivity contribution < 1.29 is 31.6 Å². The summed E-state index contributed by atoms with van der Waals surface area (Å²) in [4.78, 5) is 18.4. The van der Waals surface area contributed by atoms with Crippen molar-refractivity contribution in [1.29, 1.82) is 0 Å². The Morgan fingerprint density at radius 3 is 1.72 bits per heavy atom. The van der Waals surface area contributed by atoms with Crippen LogP contribution in [-0.2, 0) is 191 Å². The Bertz CT molecular complexity index is 3000. The first kappa shape index (κ1) is 55.6. The molecule has 0 spiro atoms. The van der Waals surface area contributed by atoms with E-state index in [-0.39, 0.29) is 20.7 Å². The van der Waals surface area contributed by atoms with Crippen molar-refractivity contribution in [1.82, 2.24) is 4.57 Å². The van der Waals surface area contributed by atoms with Gasteiger partial charge in [0.15, 0.2) is 0 Å². The molecule has 31 heteroatoms. The van der Waals surface area contributed by atoms with Crippen LogP contribution in [0.1, 0.15) is 36.1 Å². The molecule has 0 aliphatic carbocycles. The van der Waals surface area contributed by atoms with Crippen molar-refractivity contribution >= 4 is 209 Å². The molecule has 0 saturated carbocycles. The van der Waals surface area contributed by atoms with Crippen LogP contribution in [0.4, 0.5) is 8.78 Å². The Morgan fingerprint density at radius 1 is 0.776 bits per heavy atom. The van der Waals surface area contributed by atoms with Gasteiger partial charge in [0, 0.05) is 180 Å². The smallest absolute Gasteiger partial charge is 0.320 e. The summed E-state index contributed by atoms with van der Waals surface area (Å²) in [7, 11) is 17.4. The number of aromatic nitrogens is 1. The lowest BCUT2D eigenvalue weighted by molar-refractivity contribution is 0.0557. The molecule has 0 bridgehead atoms. The maximum Gasteiger partial charge on any atom is 0.399 e. The van der Waals surface area contributed by atoms with Crippen molar-refractivity contribution in [3.05, 3.63) is 104 Å². The zero-order valence-corrected chi connectivity index (χ0v) is 48.2. The first-order valence-corrected chi connectivity index (χ1v) is 42.3. The van der Waals surface area contributed by atoms with Crippen LogP contribution in [-0.4, -0.2) is 22.8 Å². The molecular formula is C27H28BrF2N2O5PS20. The number of nitrogens with zero attached hydrogens (tertiary/aromatic N) is 2. The lowest BCUT2D eigenvalue weighted by Gasteiger charge is -2.20. The molecule has 0 fully saturated rings. The van der Waals surface area contributed by atoms with E-state index in [1.54, 1.807) is 146 Å². The van der Waals surface area contributed by atoms with Gasteiger partial charge in [-0.2, -0.15) is 17.2 Å². The van der Waals surface area contributed by atoms with Crippen LogP contribution in [0.5, 0.6) is 0 Å². The van der Waals surface area contributed by atoms with E-state index in [0.717, 1.165) is 34.1 Å². The molecular weight excluding hydrogens is 1220 g/mol. The van der Waals surface area contributed by atoms with Crippen LogP contribution in [0, 0.1) is 13.8 Å². The topological polar surface area (TPSA) is 109 Å². The van der Waals surface area contributed by atoms with E-state index >= 15 is 0 Å². The molecule has 58 heavy (non-hydrogen) atoms. The van der Waals surface area contributed by atoms with Gasteiger partial charge < -0.3 is 14.4 Å². The molecule has 4 rings (SSSR count). The third kappa shape index (κ3) is 19.3. The summed E-state index contributed by atoms with van der Waals surface area (Å²) in [6.07, 6.45) is 0. The summed E-state index contributed by atoms with van der Waals surface area (Å²) in [5.74, 6) is 0. The maximum atomic E-state index is 14.3. The van der Waals surface area contributed by atoms with Gasteiger partial charge in [0.05, 0.1) is 17.1 Å². The summed E-state index contributed by atoms with van der Waals surface area (Å²) in [5, 5.41) is 1.76. The van der Waals surface area contributed by atoms with Gasteiger partial charge in [-0.05, 0) is 54.3 Å². The monoisotopic (exact) mass is 1250 g/mol. The molecule has 2 N–H and O–H groups in total. The highest BCUT2D eigenvalue weighted by atomic mass is 79.9. The van der Waals surface area contributed by atoms with Gasteiger partial charge in [0.1, 0.15) is 0 Å². The summed E-state index contributed by atoms with van der Waals surface area (Å²) in [6, 6.07) is 17.5. The third-order valence-corrected chi connectivity index (χ3v) is 43.5. The highest BCUT2D eigenvalue weighted by molar-refractivity contribution is 9.10. The molecule has 3 aromatic carbocycles. The Morgan fingerprint density at radius 2 is 1.28 bits per heavy atom. The highest BCUT2D eigenvalue weighted by Gasteiger charge is 2.51. The molecule has 0 aliphatic heterocycles. The maximum absolute atomic E-state index is 14.3. The van der Waals surface area contributed by atoms with Crippen LogP contribution >= 0.6 is 34.9 Å². The standard InChI is InChI=1S/C25H22BrF2N2O5PS2.C2H6.S18/c1-16-8-10-20(12-17(16)2)38(34,35)29-24-30(23(15-37-24)19-6-4-3-5-7-19)14-18-9-11-21(22(26)13-18)25(27,28)36(31,32)33;1-2;1-3-5-7-9-11-13-15-17-18-16-14-12-10-8-6-4-2/h3-13,15H,14H2,1-2H3,(H2,31,32,33);1-2H3;. The molecule has 0 amide bonds. The van der Waals surface area contributed by atoms with Gasteiger partial charge in [-0.1, -0.05) is 78.3 Å². The molecule has 322 valence electrons. The minimum Gasteiger partial charge on any atom is -0.320 e. The predicted octanol–water partition coefficient (Wildman–Crippen LogP) is 7.14. The average molecular weight is 1250 g/mol. The van der Waals surface area contributed by atoms with Crippen molar-refractivity contribution in [2.24, 2.45) is 4.40 Å². The minimum atomic E-state index is -5.75. The van der Waals surface area contributed by atoms with Crippen LogP contribution < -0.4 is 4.80 Å². The second kappa shape index (κ2) is 29.8. The lowest BCUT2D eigenvalue weighted by Crippen LogP contribution is -2.19. The number of hydrogen-bond acceptors (Lipinski definition) is 6. The van der Waals surface area contributed by atoms with Gasteiger partial charge in [-0.25, -0.2) is 0 Å². The second-order valence-electron chi connectivity index (χ2n) is 9.66. The Kier molecular flexibility index (Phi) is 28.6. The second-order valence-corrected chi connectivity index (χ2v) is 42.9. The summed E-state index contributed by atoms with van der Waals surface area (Å²) in [5.41, 5.74) is -1.56. The van der Waals surface area contributed by atoms with Gasteiger partial charge in [0.2, 0.25) is 4.80 Å². The van der Waals surface area contributed by atoms with Crippen LogP contribution in [0.25, 0.3) is 11.3 Å². The molecule has 4 aromatic rings. The fourth-order valence-electron chi connectivity index (χ4n) is 3.82. The number of sulfonamides is 1. The fourth-order valence-corrected chi connectivity index (χ4v) is 45.8. The highest BCUT2D eigenvalue weighted by Crippen LogP contribution is 2.60. The number of rotatable bonds is 7. The van der Waals surface area contributed by atoms with Crippen molar-refractivity contribution in [2.75, 3.05) is 0 Å². The Labute approximate surface area is 403 Å². The Balaban J connectivity index is 0.000000490. The first-order valence-electron chi connectivity index (χ1n) is 14.9. The SMILES string of the molecule is CC.Cc1ccc(S(=O)(=O)N=c2scc(-c3ccccc3)n2Cc2ccc(C(F)(F)P(=O)(O)O)c(Br)c2)cc1C.S=S=S=S=S=S=S=S=S=S=S=S=S=S=S=S=S=S. The van der Waals surface area contributed by atoms with E-state index in [4.69, 9.17) is 32.2 Å². The van der Waals surface area contributed by atoms with Gasteiger partial charge >= 0.3 is 13.3 Å². The molecule has 0 radical (unpaired) electrons. The van der Waals surface area contributed by atoms with Gasteiger partial charge in [0.25, 0.3) is 10.0 Å². The van der Waals surface area contributed by atoms with E-state index in [2.05, 4.69) is 20.3 Å². The first-order chi connectivity index (χ1) is 27.6. The van der Waals surface area contributed by atoms with Crippen molar-refractivity contribution in [2.45, 2.75) is 44.8 Å². The van der Waals surface area contributed by atoms with E-state index in [9.17, 15) is 21.8 Å². The normalized spacial score (nSPS) is 11.0. The third-order valence-electron chi connectivity index (χ3n) is 6.32. The zero-order valence-electron chi connectivity index (χ0n) is 29.4. The largest absolute Gasteiger partial charge is 0.399 e. The van der Waals surface area contributed by atoms with E-state index in [1.165, 1.54) is 36.0 Å². The van der Waals surface area contributed by atoms with E-state index < -0.39 is 28.8 Å². The quantitative estimate of drug-likeness (QED) is 0.190. The van der Waals surface area contributed by atoms with Crippen molar-refractivity contribution in [3.63, 3.8) is 0 Å². The van der Waals surface area contributed by atoms with Gasteiger partial charge in [-0.15, -0.1) is 15.7 Å². The van der Waals surface area contributed by atoms with Gasteiger partial charge in [-0.3, -0.25) is 4.57 Å². The minimum absolute atomic E-state index is 0.0496. The number of hydrogen-bond donors (Lipinski definition) is 2. The molecule has 0 unspecified atom stereocenters.